The van der Waals surface area contributed by atoms with Crippen molar-refractivity contribution >= 4 is 5.91 Å². The Balaban J connectivity index is 1.53. The predicted molar refractivity (Wildman–Crippen MR) is 80.2 cm³/mol. The maximum atomic E-state index is 12.0. The highest BCUT2D eigenvalue weighted by atomic mass is 16.5. The lowest BCUT2D eigenvalue weighted by Gasteiger charge is -2.12. The molecule has 4 rings (SSSR count). The molecule has 1 N–H and O–H groups in total. The summed E-state index contributed by atoms with van der Waals surface area (Å²) in [6.07, 6.45) is 1.85. The fourth-order valence-corrected chi connectivity index (χ4v) is 3.32. The number of rotatable bonds is 4. The maximum Gasteiger partial charge on any atom is 0.226 e. The van der Waals surface area contributed by atoms with E-state index in [1.54, 1.807) is 0 Å². The van der Waals surface area contributed by atoms with E-state index in [2.05, 4.69) is 11.4 Å². The number of hydrogen-bond acceptors (Lipinski definition) is 2. The number of nitrogens with one attached hydrogen (secondary N) is 1. The molecule has 1 saturated heterocycles. The first kappa shape index (κ1) is 12.5. The molecule has 1 aliphatic heterocycles. The van der Waals surface area contributed by atoms with Crippen LogP contribution in [-0.2, 0) is 11.2 Å². The molecule has 1 aliphatic carbocycles. The summed E-state index contributed by atoms with van der Waals surface area (Å²) in [6, 6.07) is 17.8. The number of para-hydroxylation sites is 1. The highest BCUT2D eigenvalue weighted by Crippen LogP contribution is 2.57. The van der Waals surface area contributed by atoms with Crippen LogP contribution in [0.5, 0.6) is 11.5 Å². The van der Waals surface area contributed by atoms with Crippen molar-refractivity contribution in [3.05, 3.63) is 60.2 Å². The van der Waals surface area contributed by atoms with Crippen LogP contribution in [0.2, 0.25) is 0 Å². The summed E-state index contributed by atoms with van der Waals surface area (Å²) in [6.45, 7) is 0.846. The molecule has 2 atom stereocenters. The van der Waals surface area contributed by atoms with E-state index in [0.717, 1.165) is 30.9 Å². The molecule has 21 heavy (non-hydrogen) atoms. The summed E-state index contributed by atoms with van der Waals surface area (Å²) < 4.78 is 5.86. The average Bonchev–Trinajstić information content (AvgIpc) is 3.12. The van der Waals surface area contributed by atoms with Crippen molar-refractivity contribution < 1.29 is 9.53 Å². The van der Waals surface area contributed by atoms with E-state index >= 15 is 0 Å². The first-order chi connectivity index (χ1) is 10.3. The molecule has 0 radical (unpaired) electrons. The molecule has 2 aliphatic rings. The third kappa shape index (κ3) is 2.19. The van der Waals surface area contributed by atoms with Crippen LogP contribution in [0.3, 0.4) is 0 Å². The first-order valence-corrected chi connectivity index (χ1v) is 7.36. The molecule has 106 valence electrons. The SMILES string of the molecule is O=C1NCC2CC12Cc1cccc(Oc2ccccc2)c1. The average molecular weight is 279 g/mol. The van der Waals surface area contributed by atoms with Crippen molar-refractivity contribution in [2.24, 2.45) is 11.3 Å². The molecule has 1 saturated carbocycles. The summed E-state index contributed by atoms with van der Waals surface area (Å²) in [5, 5.41) is 2.96. The third-order valence-electron chi connectivity index (χ3n) is 4.59. The molecular weight excluding hydrogens is 262 g/mol. The number of carbonyl (C=O) groups is 1. The molecule has 2 aromatic carbocycles. The minimum atomic E-state index is -0.134. The molecule has 2 fully saturated rings. The second kappa shape index (κ2) is 4.62. The van der Waals surface area contributed by atoms with E-state index in [4.69, 9.17) is 4.74 Å². The molecular formula is C18H17NO2. The van der Waals surface area contributed by atoms with Crippen molar-refractivity contribution in [1.29, 1.82) is 0 Å². The summed E-state index contributed by atoms with van der Waals surface area (Å²) in [7, 11) is 0. The van der Waals surface area contributed by atoms with Crippen LogP contribution >= 0.6 is 0 Å². The Morgan fingerprint density at radius 1 is 1.10 bits per heavy atom. The van der Waals surface area contributed by atoms with Gasteiger partial charge in [0.05, 0.1) is 5.41 Å². The quantitative estimate of drug-likeness (QED) is 0.933. The van der Waals surface area contributed by atoms with Gasteiger partial charge in [0.2, 0.25) is 5.91 Å². The van der Waals surface area contributed by atoms with E-state index in [-0.39, 0.29) is 11.3 Å². The van der Waals surface area contributed by atoms with Gasteiger partial charge in [-0.25, -0.2) is 0 Å². The van der Waals surface area contributed by atoms with Crippen LogP contribution in [0, 0.1) is 11.3 Å². The number of benzene rings is 2. The molecule has 3 heteroatoms. The van der Waals surface area contributed by atoms with Crippen molar-refractivity contribution in [2.75, 3.05) is 6.54 Å². The van der Waals surface area contributed by atoms with Gasteiger partial charge in [-0.1, -0.05) is 30.3 Å². The standard InChI is InChI=1S/C18H17NO2/c20-17-18(11-14(18)12-19-17)10-13-5-4-8-16(9-13)21-15-6-2-1-3-7-15/h1-9,14H,10-12H2,(H,19,20). The Hall–Kier alpha value is -2.29. The summed E-state index contributed by atoms with van der Waals surface area (Å²) in [4.78, 5) is 12.0. The second-order valence-electron chi connectivity index (χ2n) is 6.01. The lowest BCUT2D eigenvalue weighted by atomic mass is 9.95. The van der Waals surface area contributed by atoms with Gasteiger partial charge in [0.15, 0.2) is 0 Å². The van der Waals surface area contributed by atoms with Crippen molar-refractivity contribution in [3.8, 4) is 11.5 Å². The van der Waals surface area contributed by atoms with Crippen LogP contribution in [0.15, 0.2) is 54.6 Å². The van der Waals surface area contributed by atoms with E-state index in [0.29, 0.717) is 5.92 Å². The first-order valence-electron chi connectivity index (χ1n) is 7.36. The normalized spacial score (nSPS) is 26.1. The fraction of sp³-hybridized carbons (Fsp3) is 0.278. The van der Waals surface area contributed by atoms with E-state index in [1.807, 2.05) is 48.5 Å². The van der Waals surface area contributed by atoms with Gasteiger partial charge < -0.3 is 10.1 Å². The van der Waals surface area contributed by atoms with Crippen molar-refractivity contribution in [3.63, 3.8) is 0 Å². The number of piperidine rings is 1. The van der Waals surface area contributed by atoms with Crippen LogP contribution in [0.4, 0.5) is 0 Å². The van der Waals surface area contributed by atoms with E-state index < -0.39 is 0 Å². The van der Waals surface area contributed by atoms with E-state index in [9.17, 15) is 4.79 Å². The highest BCUT2D eigenvalue weighted by Gasteiger charge is 2.63. The zero-order valence-corrected chi connectivity index (χ0v) is 11.7. The minimum Gasteiger partial charge on any atom is -0.457 e. The van der Waals surface area contributed by atoms with Gasteiger partial charge in [0.1, 0.15) is 11.5 Å². The fourth-order valence-electron chi connectivity index (χ4n) is 3.32. The molecule has 3 nitrogen and oxygen atoms in total. The molecule has 0 spiro atoms. The summed E-state index contributed by atoms with van der Waals surface area (Å²) in [5.41, 5.74) is 1.04. The molecule has 0 aromatic heterocycles. The van der Waals surface area contributed by atoms with Gasteiger partial charge in [-0.15, -0.1) is 0 Å². The molecule has 2 unspecified atom stereocenters. The molecule has 0 bridgehead atoms. The van der Waals surface area contributed by atoms with Crippen LogP contribution in [0.25, 0.3) is 0 Å². The van der Waals surface area contributed by atoms with Gasteiger partial charge in [0.25, 0.3) is 0 Å². The molecule has 2 aromatic rings. The Labute approximate surface area is 123 Å². The van der Waals surface area contributed by atoms with Gasteiger partial charge >= 0.3 is 0 Å². The number of amides is 1. The summed E-state index contributed by atoms with van der Waals surface area (Å²) in [5.74, 6) is 2.41. The highest BCUT2D eigenvalue weighted by molar-refractivity contribution is 5.89. The van der Waals surface area contributed by atoms with Gasteiger partial charge in [-0.05, 0) is 48.6 Å². The number of carbonyl (C=O) groups excluding carboxylic acids is 1. The van der Waals surface area contributed by atoms with Crippen molar-refractivity contribution in [1.82, 2.24) is 5.32 Å². The Kier molecular flexibility index (Phi) is 2.74. The maximum absolute atomic E-state index is 12.0. The smallest absolute Gasteiger partial charge is 0.226 e. The van der Waals surface area contributed by atoms with Crippen molar-refractivity contribution in [2.45, 2.75) is 12.8 Å². The Morgan fingerprint density at radius 3 is 2.62 bits per heavy atom. The minimum absolute atomic E-state index is 0.134. The topological polar surface area (TPSA) is 38.3 Å². The number of ether oxygens (including phenoxy) is 1. The van der Waals surface area contributed by atoms with Gasteiger partial charge in [0, 0.05) is 6.54 Å². The largest absolute Gasteiger partial charge is 0.457 e. The number of fused-ring (bicyclic) bond motifs is 1. The zero-order chi connectivity index (χ0) is 14.3. The monoisotopic (exact) mass is 279 g/mol. The molecule has 1 heterocycles. The Bertz CT molecular complexity index is 683. The van der Waals surface area contributed by atoms with Gasteiger partial charge in [-0.2, -0.15) is 0 Å². The lowest BCUT2D eigenvalue weighted by Crippen LogP contribution is -2.26. The lowest BCUT2D eigenvalue weighted by molar-refractivity contribution is -0.124. The van der Waals surface area contributed by atoms with E-state index in [1.165, 1.54) is 5.56 Å². The Morgan fingerprint density at radius 2 is 1.90 bits per heavy atom. The van der Waals surface area contributed by atoms with Crippen LogP contribution in [-0.4, -0.2) is 12.5 Å². The third-order valence-corrected chi connectivity index (χ3v) is 4.59. The second-order valence-corrected chi connectivity index (χ2v) is 6.01. The molecule has 1 amide bonds. The number of hydrogen-bond donors (Lipinski definition) is 1. The summed E-state index contributed by atoms with van der Waals surface area (Å²) >= 11 is 0. The zero-order valence-electron chi connectivity index (χ0n) is 11.7. The predicted octanol–water partition coefficient (Wildman–Crippen LogP) is 3.16. The van der Waals surface area contributed by atoms with Crippen LogP contribution < -0.4 is 10.1 Å². The van der Waals surface area contributed by atoms with Crippen LogP contribution in [0.1, 0.15) is 12.0 Å². The van der Waals surface area contributed by atoms with Gasteiger partial charge in [-0.3, -0.25) is 4.79 Å².